The van der Waals surface area contributed by atoms with Crippen LogP contribution < -0.4 is 31.1 Å². The van der Waals surface area contributed by atoms with E-state index in [0.717, 1.165) is 23.5 Å². The molecule has 0 fully saturated rings. The van der Waals surface area contributed by atoms with Gasteiger partial charge in [0, 0.05) is 51.2 Å². The van der Waals surface area contributed by atoms with E-state index in [9.17, 15) is 0 Å². The van der Waals surface area contributed by atoms with Gasteiger partial charge in [-0.25, -0.2) is 0 Å². The van der Waals surface area contributed by atoms with Gasteiger partial charge in [0.25, 0.3) is 6.71 Å². The molecule has 2 heterocycles. The first kappa shape index (κ1) is 35.7. The highest BCUT2D eigenvalue weighted by Crippen LogP contribution is 2.46. The summed E-state index contributed by atoms with van der Waals surface area (Å²) in [6, 6.07) is 57.3. The summed E-state index contributed by atoms with van der Waals surface area (Å²) >= 11 is 0. The van der Waals surface area contributed by atoms with Crippen molar-refractivity contribution in [2.75, 3.05) is 14.7 Å². The van der Waals surface area contributed by atoms with E-state index in [1.165, 1.54) is 104 Å². The van der Waals surface area contributed by atoms with E-state index in [-0.39, 0.29) is 6.71 Å². The monoisotopic (exact) mass is 727 g/mol. The standard InChI is InChI=1S/C52H50BN3/c1-6-7-8-9-11-40-21-29-44(30-22-40)56-50-13-10-12-49-52(50)53(47-34-39(5)20-33-48(47)55(49)43-27-18-38(4)19-28-43)46-32-31-45(35-51(46)56)54(41-23-14-36(2)15-24-41)42-25-16-37(3)17-26-42/h10,12-35H,6-9,11H2,1-5H3. The SMILES string of the molecule is CCCCCCc1ccc(N2c3cc(N(c4ccc(C)cc4)c4ccc(C)cc4)ccc3B3c4cc(C)ccc4N(c4ccc(C)cc4)c4cccc2c43)cc1. The van der Waals surface area contributed by atoms with E-state index < -0.39 is 0 Å². The molecule has 276 valence electrons. The van der Waals surface area contributed by atoms with Crippen LogP contribution in [-0.2, 0) is 6.42 Å². The van der Waals surface area contributed by atoms with Crippen molar-refractivity contribution in [3.63, 3.8) is 0 Å². The van der Waals surface area contributed by atoms with E-state index in [0.29, 0.717) is 0 Å². The largest absolute Gasteiger partial charge is 0.311 e. The Kier molecular flexibility index (Phi) is 9.51. The third-order valence-corrected chi connectivity index (χ3v) is 11.8. The van der Waals surface area contributed by atoms with E-state index in [2.05, 4.69) is 201 Å². The smallest absolute Gasteiger partial charge is 0.252 e. The first-order valence-electron chi connectivity index (χ1n) is 20.4. The lowest BCUT2D eigenvalue weighted by Crippen LogP contribution is -2.61. The Balaban J connectivity index is 1.26. The molecular weight excluding hydrogens is 677 g/mol. The van der Waals surface area contributed by atoms with E-state index in [4.69, 9.17) is 0 Å². The van der Waals surface area contributed by atoms with Crippen LogP contribution in [0.15, 0.2) is 152 Å². The maximum Gasteiger partial charge on any atom is 0.252 e. The number of unbranched alkanes of at least 4 members (excludes halogenated alkanes) is 3. The molecule has 0 spiro atoms. The van der Waals surface area contributed by atoms with Gasteiger partial charge in [0.15, 0.2) is 0 Å². The zero-order valence-electron chi connectivity index (χ0n) is 33.4. The molecule has 0 N–H and O–H groups in total. The Morgan fingerprint density at radius 3 is 1.59 bits per heavy atom. The highest BCUT2D eigenvalue weighted by molar-refractivity contribution is 7.00. The normalized spacial score (nSPS) is 12.6. The van der Waals surface area contributed by atoms with Gasteiger partial charge in [-0.3, -0.25) is 0 Å². The number of nitrogens with zero attached hydrogens (tertiary/aromatic N) is 3. The minimum atomic E-state index is 0.0723. The summed E-state index contributed by atoms with van der Waals surface area (Å²) in [6.07, 6.45) is 6.20. The fraction of sp³-hybridized carbons (Fsp3) is 0.192. The summed E-state index contributed by atoms with van der Waals surface area (Å²) in [5.74, 6) is 0. The van der Waals surface area contributed by atoms with Crippen molar-refractivity contribution < 1.29 is 0 Å². The lowest BCUT2D eigenvalue weighted by Gasteiger charge is -2.44. The molecular formula is C52H50BN3. The topological polar surface area (TPSA) is 9.72 Å². The Hall–Kier alpha value is -6.00. The van der Waals surface area contributed by atoms with Crippen LogP contribution in [-0.4, -0.2) is 6.71 Å². The predicted molar refractivity (Wildman–Crippen MR) is 242 cm³/mol. The van der Waals surface area contributed by atoms with Crippen molar-refractivity contribution in [3.8, 4) is 0 Å². The Morgan fingerprint density at radius 1 is 0.446 bits per heavy atom. The first-order valence-corrected chi connectivity index (χ1v) is 20.4. The second-order valence-electron chi connectivity index (χ2n) is 15.9. The number of aryl methyl sites for hydroxylation is 5. The van der Waals surface area contributed by atoms with Gasteiger partial charge in [0.2, 0.25) is 0 Å². The second kappa shape index (κ2) is 14.9. The van der Waals surface area contributed by atoms with E-state index in [1.54, 1.807) is 0 Å². The Bertz CT molecular complexity index is 2460. The number of hydrogen-bond donors (Lipinski definition) is 0. The molecule has 7 aromatic rings. The quantitative estimate of drug-likeness (QED) is 0.103. The molecule has 2 aliphatic rings. The van der Waals surface area contributed by atoms with Gasteiger partial charge >= 0.3 is 0 Å². The molecule has 0 aliphatic carbocycles. The minimum Gasteiger partial charge on any atom is -0.311 e. The predicted octanol–water partition coefficient (Wildman–Crippen LogP) is 12.6. The third kappa shape index (κ3) is 6.47. The number of anilines is 9. The molecule has 7 aromatic carbocycles. The van der Waals surface area contributed by atoms with Gasteiger partial charge in [-0.15, -0.1) is 0 Å². The lowest BCUT2D eigenvalue weighted by atomic mass is 9.33. The van der Waals surface area contributed by atoms with E-state index >= 15 is 0 Å². The zero-order chi connectivity index (χ0) is 38.3. The van der Waals surface area contributed by atoms with Gasteiger partial charge in [-0.2, -0.15) is 0 Å². The Morgan fingerprint density at radius 2 is 0.982 bits per heavy atom. The molecule has 0 bridgehead atoms. The lowest BCUT2D eigenvalue weighted by molar-refractivity contribution is 0.667. The third-order valence-electron chi connectivity index (χ3n) is 11.8. The molecule has 0 amide bonds. The Labute approximate surface area is 334 Å². The summed E-state index contributed by atoms with van der Waals surface area (Å²) < 4.78 is 0. The molecule has 0 aromatic heterocycles. The molecule has 0 radical (unpaired) electrons. The second-order valence-corrected chi connectivity index (χ2v) is 15.9. The van der Waals surface area contributed by atoms with Crippen molar-refractivity contribution in [3.05, 3.63) is 179 Å². The van der Waals surface area contributed by atoms with Crippen molar-refractivity contribution in [2.24, 2.45) is 0 Å². The van der Waals surface area contributed by atoms with Crippen LogP contribution in [0.3, 0.4) is 0 Å². The average molecular weight is 728 g/mol. The number of fused-ring (bicyclic) bond motifs is 4. The van der Waals surface area contributed by atoms with Crippen LogP contribution in [0.5, 0.6) is 0 Å². The number of benzene rings is 7. The number of rotatable bonds is 10. The van der Waals surface area contributed by atoms with Gasteiger partial charge in [-0.05, 0) is 141 Å². The van der Waals surface area contributed by atoms with Crippen LogP contribution in [0.4, 0.5) is 51.2 Å². The summed E-state index contributed by atoms with van der Waals surface area (Å²) in [4.78, 5) is 7.42. The number of hydrogen-bond acceptors (Lipinski definition) is 3. The van der Waals surface area contributed by atoms with Crippen LogP contribution in [0.25, 0.3) is 0 Å². The maximum absolute atomic E-state index is 2.53. The molecule has 0 saturated carbocycles. The van der Waals surface area contributed by atoms with E-state index in [1.807, 2.05) is 0 Å². The minimum absolute atomic E-state index is 0.0723. The molecule has 0 saturated heterocycles. The van der Waals surface area contributed by atoms with Gasteiger partial charge in [-0.1, -0.05) is 121 Å². The zero-order valence-corrected chi connectivity index (χ0v) is 33.4. The van der Waals surface area contributed by atoms with Crippen molar-refractivity contribution >= 4 is 74.3 Å². The molecule has 2 aliphatic heterocycles. The van der Waals surface area contributed by atoms with Crippen molar-refractivity contribution in [1.82, 2.24) is 0 Å². The summed E-state index contributed by atoms with van der Waals surface area (Å²) in [7, 11) is 0. The van der Waals surface area contributed by atoms with Gasteiger partial charge < -0.3 is 14.7 Å². The fourth-order valence-electron chi connectivity index (χ4n) is 8.84. The molecule has 0 atom stereocenters. The first-order chi connectivity index (χ1) is 27.4. The fourth-order valence-corrected chi connectivity index (χ4v) is 8.84. The molecule has 4 heteroatoms. The van der Waals surface area contributed by atoms with Crippen LogP contribution in [0.2, 0.25) is 0 Å². The molecule has 9 rings (SSSR count). The molecule has 0 unspecified atom stereocenters. The van der Waals surface area contributed by atoms with Crippen LogP contribution in [0, 0.1) is 27.7 Å². The highest BCUT2D eigenvalue weighted by Gasteiger charge is 2.43. The molecule has 56 heavy (non-hydrogen) atoms. The summed E-state index contributed by atoms with van der Waals surface area (Å²) in [5, 5.41) is 0. The van der Waals surface area contributed by atoms with Crippen molar-refractivity contribution in [2.45, 2.75) is 66.7 Å². The maximum atomic E-state index is 2.53. The van der Waals surface area contributed by atoms with Crippen LogP contribution >= 0.6 is 0 Å². The summed E-state index contributed by atoms with van der Waals surface area (Å²) in [6.45, 7) is 11.1. The summed E-state index contributed by atoms with van der Waals surface area (Å²) in [5.41, 5.74) is 21.2. The van der Waals surface area contributed by atoms with Crippen LogP contribution in [0.1, 0.15) is 60.4 Å². The van der Waals surface area contributed by atoms with Gasteiger partial charge in [0.05, 0.1) is 0 Å². The van der Waals surface area contributed by atoms with Gasteiger partial charge in [0.1, 0.15) is 0 Å². The van der Waals surface area contributed by atoms with Crippen molar-refractivity contribution in [1.29, 1.82) is 0 Å². The average Bonchev–Trinajstić information content (AvgIpc) is 3.22. The molecule has 3 nitrogen and oxygen atoms in total. The highest BCUT2D eigenvalue weighted by atomic mass is 15.2.